The highest BCUT2D eigenvalue weighted by atomic mass is 32.1. The van der Waals surface area contributed by atoms with Crippen LogP contribution in [-0.2, 0) is 17.8 Å². The zero-order valence-corrected chi connectivity index (χ0v) is 16.9. The SMILES string of the molecule is CCc1c(C)sc(NC(=O)C(C#N)=Cc2cn(CC)c3ccccc23)c1C#N. The van der Waals surface area contributed by atoms with Crippen molar-refractivity contribution in [2.24, 2.45) is 0 Å². The lowest BCUT2D eigenvalue weighted by Crippen LogP contribution is -2.13. The highest BCUT2D eigenvalue weighted by molar-refractivity contribution is 7.16. The van der Waals surface area contributed by atoms with Crippen LogP contribution in [0, 0.1) is 29.6 Å². The minimum Gasteiger partial charge on any atom is -0.347 e. The van der Waals surface area contributed by atoms with Gasteiger partial charge in [-0.2, -0.15) is 10.5 Å². The van der Waals surface area contributed by atoms with Gasteiger partial charge in [0.05, 0.1) is 5.56 Å². The van der Waals surface area contributed by atoms with Gasteiger partial charge in [0.25, 0.3) is 5.91 Å². The Labute approximate surface area is 168 Å². The molecule has 0 spiro atoms. The molecule has 0 unspecified atom stereocenters. The number of amides is 1. The van der Waals surface area contributed by atoms with Gasteiger partial charge in [-0.3, -0.25) is 4.79 Å². The van der Waals surface area contributed by atoms with Crippen molar-refractivity contribution in [2.75, 3.05) is 5.32 Å². The molecule has 0 aliphatic carbocycles. The van der Waals surface area contributed by atoms with Gasteiger partial charge in [0.2, 0.25) is 0 Å². The van der Waals surface area contributed by atoms with E-state index in [1.54, 1.807) is 6.08 Å². The highest BCUT2D eigenvalue weighted by Gasteiger charge is 2.18. The largest absolute Gasteiger partial charge is 0.347 e. The highest BCUT2D eigenvalue weighted by Crippen LogP contribution is 2.33. The smallest absolute Gasteiger partial charge is 0.266 e. The fourth-order valence-corrected chi connectivity index (χ4v) is 4.43. The summed E-state index contributed by atoms with van der Waals surface area (Å²) in [4.78, 5) is 13.7. The Balaban J connectivity index is 1.98. The van der Waals surface area contributed by atoms with Crippen LogP contribution in [0.2, 0.25) is 0 Å². The number of para-hydroxylation sites is 1. The van der Waals surface area contributed by atoms with Crippen molar-refractivity contribution >= 4 is 39.2 Å². The van der Waals surface area contributed by atoms with Crippen molar-refractivity contribution in [1.82, 2.24) is 4.57 Å². The van der Waals surface area contributed by atoms with Crippen molar-refractivity contribution in [3.8, 4) is 12.1 Å². The fraction of sp³-hybridized carbons (Fsp3) is 0.227. The van der Waals surface area contributed by atoms with E-state index < -0.39 is 5.91 Å². The van der Waals surface area contributed by atoms with Gasteiger partial charge in [0.1, 0.15) is 22.7 Å². The molecule has 0 aliphatic rings. The van der Waals surface area contributed by atoms with Gasteiger partial charge in [-0.1, -0.05) is 25.1 Å². The lowest BCUT2D eigenvalue weighted by molar-refractivity contribution is -0.112. The molecule has 1 amide bonds. The predicted molar refractivity (Wildman–Crippen MR) is 113 cm³/mol. The van der Waals surface area contributed by atoms with E-state index in [-0.39, 0.29) is 5.57 Å². The summed E-state index contributed by atoms with van der Waals surface area (Å²) in [5, 5.41) is 23.3. The standard InChI is InChI=1S/C22H20N4OS/c1-4-17-14(3)28-22(19(17)12-24)25-21(27)15(11-23)10-16-13-26(5-2)20-9-7-6-8-18(16)20/h6-10,13H,4-5H2,1-3H3,(H,25,27). The van der Waals surface area contributed by atoms with Crippen LogP contribution in [0.25, 0.3) is 17.0 Å². The summed E-state index contributed by atoms with van der Waals surface area (Å²) in [6.45, 7) is 6.75. The molecule has 0 atom stereocenters. The van der Waals surface area contributed by atoms with E-state index in [0.29, 0.717) is 10.6 Å². The lowest BCUT2D eigenvalue weighted by Gasteiger charge is -2.02. The molecule has 2 aromatic heterocycles. The number of hydrogen-bond donors (Lipinski definition) is 1. The first-order chi connectivity index (χ1) is 13.5. The quantitative estimate of drug-likeness (QED) is 0.493. The molecule has 0 bridgehead atoms. The van der Waals surface area contributed by atoms with Crippen LogP contribution in [0.5, 0.6) is 0 Å². The van der Waals surface area contributed by atoms with Gasteiger partial charge in [-0.15, -0.1) is 11.3 Å². The third-order valence-corrected chi connectivity index (χ3v) is 5.79. The molecule has 0 fully saturated rings. The Morgan fingerprint density at radius 1 is 1.29 bits per heavy atom. The zero-order chi connectivity index (χ0) is 20.3. The van der Waals surface area contributed by atoms with E-state index >= 15 is 0 Å². The maximum Gasteiger partial charge on any atom is 0.266 e. The Morgan fingerprint density at radius 2 is 2.04 bits per heavy atom. The second-order valence-corrected chi connectivity index (χ2v) is 7.54. The van der Waals surface area contributed by atoms with E-state index in [1.165, 1.54) is 11.3 Å². The van der Waals surface area contributed by atoms with Crippen LogP contribution < -0.4 is 5.32 Å². The summed E-state index contributed by atoms with van der Waals surface area (Å²) in [6.07, 6.45) is 4.27. The van der Waals surface area contributed by atoms with Crippen LogP contribution >= 0.6 is 11.3 Å². The minimum absolute atomic E-state index is 0.00648. The second kappa shape index (κ2) is 8.12. The minimum atomic E-state index is -0.503. The molecule has 1 aromatic carbocycles. The number of fused-ring (bicyclic) bond motifs is 1. The van der Waals surface area contributed by atoms with E-state index in [1.807, 2.05) is 57.3 Å². The average molecular weight is 388 g/mol. The first kappa shape index (κ1) is 19.4. The number of rotatable bonds is 5. The topological polar surface area (TPSA) is 81.6 Å². The summed E-state index contributed by atoms with van der Waals surface area (Å²) in [5.41, 5.74) is 3.31. The molecule has 0 saturated heterocycles. The van der Waals surface area contributed by atoms with E-state index in [9.17, 15) is 15.3 Å². The summed E-state index contributed by atoms with van der Waals surface area (Å²) in [5.74, 6) is -0.503. The molecule has 140 valence electrons. The number of anilines is 1. The number of carbonyl (C=O) groups is 1. The third-order valence-electron chi connectivity index (χ3n) is 4.73. The first-order valence-corrected chi connectivity index (χ1v) is 9.89. The van der Waals surface area contributed by atoms with Gasteiger partial charge in [-0.25, -0.2) is 0 Å². The fourth-order valence-electron chi connectivity index (χ4n) is 3.34. The number of thiophene rings is 1. The van der Waals surface area contributed by atoms with Crippen LogP contribution in [0.15, 0.2) is 36.0 Å². The average Bonchev–Trinajstić information content (AvgIpc) is 3.22. The third kappa shape index (κ3) is 3.43. The molecule has 6 heteroatoms. The maximum atomic E-state index is 12.7. The van der Waals surface area contributed by atoms with Crippen LogP contribution in [0.3, 0.4) is 0 Å². The number of nitrogens with zero attached hydrogens (tertiary/aromatic N) is 3. The van der Waals surface area contributed by atoms with Gasteiger partial charge in [0.15, 0.2) is 0 Å². The van der Waals surface area contributed by atoms with E-state index in [4.69, 9.17) is 0 Å². The van der Waals surface area contributed by atoms with E-state index in [2.05, 4.69) is 16.0 Å². The number of aryl methyl sites for hydroxylation is 2. The summed E-state index contributed by atoms with van der Waals surface area (Å²) < 4.78 is 2.08. The number of aromatic nitrogens is 1. The normalized spacial score (nSPS) is 11.2. The molecule has 3 aromatic rings. The van der Waals surface area contributed by atoms with Crippen molar-refractivity contribution in [3.63, 3.8) is 0 Å². The molecule has 5 nitrogen and oxygen atoms in total. The Bertz CT molecular complexity index is 1170. The number of benzene rings is 1. The van der Waals surface area contributed by atoms with Crippen molar-refractivity contribution < 1.29 is 4.79 Å². The number of nitrogens with one attached hydrogen (secondary N) is 1. The van der Waals surface area contributed by atoms with Crippen molar-refractivity contribution in [3.05, 3.63) is 57.6 Å². The summed E-state index contributed by atoms with van der Waals surface area (Å²) in [6, 6.07) is 12.1. The molecule has 0 saturated carbocycles. The molecule has 28 heavy (non-hydrogen) atoms. The first-order valence-electron chi connectivity index (χ1n) is 9.07. The molecule has 1 N–H and O–H groups in total. The van der Waals surface area contributed by atoms with Gasteiger partial charge in [0, 0.05) is 34.1 Å². The zero-order valence-electron chi connectivity index (χ0n) is 16.0. The Kier molecular flexibility index (Phi) is 5.63. The number of carbonyl (C=O) groups excluding carboxylic acids is 1. The lowest BCUT2D eigenvalue weighted by atomic mass is 10.1. The predicted octanol–water partition coefficient (Wildman–Crippen LogP) is 5.01. The molecular weight excluding hydrogens is 368 g/mol. The summed E-state index contributed by atoms with van der Waals surface area (Å²) >= 11 is 1.37. The van der Waals surface area contributed by atoms with Gasteiger partial charge in [-0.05, 0) is 38.0 Å². The second-order valence-electron chi connectivity index (χ2n) is 6.32. The Morgan fingerprint density at radius 3 is 2.68 bits per heavy atom. The van der Waals surface area contributed by atoms with Crippen LogP contribution in [0.4, 0.5) is 5.00 Å². The molecule has 0 radical (unpaired) electrons. The summed E-state index contributed by atoms with van der Waals surface area (Å²) in [7, 11) is 0. The van der Waals surface area contributed by atoms with Crippen molar-refractivity contribution in [2.45, 2.75) is 33.7 Å². The monoisotopic (exact) mass is 388 g/mol. The molecule has 0 aliphatic heterocycles. The van der Waals surface area contributed by atoms with Crippen molar-refractivity contribution in [1.29, 1.82) is 10.5 Å². The van der Waals surface area contributed by atoms with Gasteiger partial charge >= 0.3 is 0 Å². The molecular formula is C22H20N4OS. The van der Waals surface area contributed by atoms with Crippen LogP contribution in [-0.4, -0.2) is 10.5 Å². The Hall–Kier alpha value is -3.35. The maximum absolute atomic E-state index is 12.7. The van der Waals surface area contributed by atoms with Crippen LogP contribution in [0.1, 0.15) is 35.4 Å². The molecule has 3 rings (SSSR count). The van der Waals surface area contributed by atoms with Gasteiger partial charge < -0.3 is 9.88 Å². The molecule has 2 heterocycles. The number of hydrogen-bond acceptors (Lipinski definition) is 4. The van der Waals surface area contributed by atoms with E-state index in [0.717, 1.165) is 39.9 Å². The number of nitriles is 2.